The van der Waals surface area contributed by atoms with Crippen molar-refractivity contribution in [1.29, 1.82) is 0 Å². The molecule has 4 rings (SSSR count). The van der Waals surface area contributed by atoms with Gasteiger partial charge < -0.3 is 0 Å². The number of nitrogens with one attached hydrogen (secondary N) is 1. The fourth-order valence-corrected chi connectivity index (χ4v) is 5.56. The van der Waals surface area contributed by atoms with Crippen LogP contribution in [0.3, 0.4) is 0 Å². The fraction of sp³-hybridized carbons (Fsp3) is 0.211. The molecule has 0 spiro atoms. The summed E-state index contributed by atoms with van der Waals surface area (Å²) in [6.07, 6.45) is -3.17. The molecule has 2 heterocycles. The molecule has 1 atom stereocenters. The number of nitro groups is 1. The second kappa shape index (κ2) is 8.67. The third-order valence-corrected chi connectivity index (χ3v) is 7.02. The lowest BCUT2D eigenvalue weighted by Crippen LogP contribution is -2.23. The van der Waals surface area contributed by atoms with Crippen LogP contribution in [0.25, 0.3) is 0 Å². The minimum atomic E-state index is -4.72. The molecule has 0 bridgehead atoms. The van der Waals surface area contributed by atoms with Crippen molar-refractivity contribution in [3.05, 3.63) is 80.9 Å². The van der Waals surface area contributed by atoms with Crippen molar-refractivity contribution in [3.8, 4) is 0 Å². The third kappa shape index (κ3) is 4.62. The Labute approximate surface area is 181 Å². The van der Waals surface area contributed by atoms with Crippen LogP contribution in [-0.2, 0) is 25.8 Å². The Morgan fingerprint density at radius 2 is 1.94 bits per heavy atom. The molecule has 168 valence electrons. The average Bonchev–Trinajstić information content (AvgIpc) is 3.26. The van der Waals surface area contributed by atoms with Crippen molar-refractivity contribution in [2.24, 2.45) is 4.99 Å². The van der Waals surface area contributed by atoms with Crippen molar-refractivity contribution < 1.29 is 22.5 Å². The van der Waals surface area contributed by atoms with Crippen LogP contribution in [0.15, 0.2) is 52.5 Å². The average molecular weight is 468 g/mol. The topological polar surface area (TPSA) is 100 Å². The van der Waals surface area contributed by atoms with E-state index < -0.39 is 39.2 Å². The standard InChI is InChI=1S/C19H16F4N6O2S/c20-15-3-1-12(2-4-15)9-28(10-16-8-25-27-26-16)32-11-24-7-13-5-14(19(21,22)23)6-17(18(13)32)29(30)31/h1-6,8,11,32H,7,9-10H2,(H,25,26,27). The zero-order valence-corrected chi connectivity index (χ0v) is 17.1. The van der Waals surface area contributed by atoms with E-state index in [1.807, 2.05) is 4.31 Å². The number of benzene rings is 2. The molecule has 13 heteroatoms. The summed E-state index contributed by atoms with van der Waals surface area (Å²) in [5, 5.41) is 21.9. The predicted octanol–water partition coefficient (Wildman–Crippen LogP) is 4.39. The Bertz CT molecular complexity index is 1150. The molecule has 1 aromatic heterocycles. The van der Waals surface area contributed by atoms with E-state index in [0.717, 1.165) is 6.07 Å². The van der Waals surface area contributed by atoms with Crippen LogP contribution in [0, 0.1) is 15.9 Å². The summed E-state index contributed by atoms with van der Waals surface area (Å²) in [5.41, 5.74) is 1.26. The Hall–Kier alpha value is -3.32. The first-order valence-corrected chi connectivity index (χ1v) is 10.6. The van der Waals surface area contributed by atoms with Crippen LogP contribution >= 0.6 is 11.1 Å². The largest absolute Gasteiger partial charge is 0.416 e. The number of nitrogens with zero attached hydrogens (tertiary/aromatic N) is 5. The number of thiol groups is 1. The molecular weight excluding hydrogens is 452 g/mol. The van der Waals surface area contributed by atoms with Gasteiger partial charge in [-0.25, -0.2) is 4.39 Å². The van der Waals surface area contributed by atoms with Crippen LogP contribution in [0.4, 0.5) is 23.2 Å². The van der Waals surface area contributed by atoms with Crippen LogP contribution in [-0.4, -0.2) is 30.2 Å². The second-order valence-corrected chi connectivity index (χ2v) is 8.91. The van der Waals surface area contributed by atoms with Gasteiger partial charge in [0.15, 0.2) is 0 Å². The lowest BCUT2D eigenvalue weighted by Gasteiger charge is -2.34. The van der Waals surface area contributed by atoms with Crippen LogP contribution in [0.5, 0.6) is 0 Å². The van der Waals surface area contributed by atoms with E-state index in [9.17, 15) is 27.7 Å². The van der Waals surface area contributed by atoms with Gasteiger partial charge in [-0.15, -0.1) is 16.2 Å². The third-order valence-electron chi connectivity index (χ3n) is 4.77. The first-order chi connectivity index (χ1) is 15.2. The number of halogens is 4. The predicted molar refractivity (Wildman–Crippen MR) is 110 cm³/mol. The Morgan fingerprint density at radius 1 is 1.19 bits per heavy atom. The zero-order chi connectivity index (χ0) is 22.9. The summed E-state index contributed by atoms with van der Waals surface area (Å²) in [6, 6.07) is 7.21. The van der Waals surface area contributed by atoms with E-state index in [1.54, 1.807) is 23.9 Å². The molecule has 0 saturated carbocycles. The number of aromatic amines is 1. The van der Waals surface area contributed by atoms with E-state index in [-0.39, 0.29) is 30.1 Å². The maximum Gasteiger partial charge on any atom is 0.416 e. The van der Waals surface area contributed by atoms with E-state index in [4.69, 9.17) is 0 Å². The number of rotatable bonds is 6. The lowest BCUT2D eigenvalue weighted by molar-refractivity contribution is -0.388. The van der Waals surface area contributed by atoms with E-state index in [2.05, 4.69) is 20.4 Å². The van der Waals surface area contributed by atoms with Crippen molar-refractivity contribution in [2.75, 3.05) is 0 Å². The monoisotopic (exact) mass is 468 g/mol. The van der Waals surface area contributed by atoms with Gasteiger partial charge in [0.2, 0.25) is 0 Å². The highest BCUT2D eigenvalue weighted by Gasteiger charge is 2.37. The number of aromatic nitrogens is 3. The zero-order valence-electron chi connectivity index (χ0n) is 16.3. The number of fused-ring (bicyclic) bond motifs is 1. The van der Waals surface area contributed by atoms with Gasteiger partial charge in [0, 0.05) is 18.8 Å². The summed E-state index contributed by atoms with van der Waals surface area (Å²) < 4.78 is 55.1. The van der Waals surface area contributed by atoms with Gasteiger partial charge in [0.1, 0.15) is 5.82 Å². The number of nitro benzene ring substituents is 1. The van der Waals surface area contributed by atoms with Gasteiger partial charge in [-0.3, -0.25) is 24.5 Å². The van der Waals surface area contributed by atoms with Gasteiger partial charge in [-0.1, -0.05) is 17.3 Å². The number of H-pyrrole nitrogens is 1. The molecule has 1 aliphatic rings. The molecule has 8 nitrogen and oxygen atoms in total. The maximum atomic E-state index is 13.3. The number of hydrogen-bond donors (Lipinski definition) is 2. The minimum absolute atomic E-state index is 0.0900. The summed E-state index contributed by atoms with van der Waals surface area (Å²) in [6.45, 7) is 0.346. The normalized spacial score (nSPS) is 16.8. The van der Waals surface area contributed by atoms with Crippen molar-refractivity contribution in [3.63, 3.8) is 0 Å². The number of hydrogen-bond acceptors (Lipinski definition) is 6. The van der Waals surface area contributed by atoms with Crippen LogP contribution in [0.2, 0.25) is 0 Å². The lowest BCUT2D eigenvalue weighted by atomic mass is 10.1. The summed E-state index contributed by atoms with van der Waals surface area (Å²) in [7, 11) is 0. The summed E-state index contributed by atoms with van der Waals surface area (Å²) in [4.78, 5) is 15.4. The second-order valence-electron chi connectivity index (χ2n) is 6.97. The molecule has 2 aromatic carbocycles. The highest BCUT2D eigenvalue weighted by molar-refractivity contribution is 8.26. The molecule has 3 aromatic rings. The SMILES string of the molecule is O=[N+]([O-])c1cc(C(F)(F)F)cc2c1[SH](N(Cc1ccc(F)cc1)Cc1c[nH]nn1)C=NC2. The fourth-order valence-electron chi connectivity index (χ4n) is 3.35. The molecule has 1 N–H and O–H groups in total. The van der Waals surface area contributed by atoms with Gasteiger partial charge in [-0.05, 0) is 29.3 Å². The van der Waals surface area contributed by atoms with Crippen LogP contribution < -0.4 is 0 Å². The smallest absolute Gasteiger partial charge is 0.282 e. The quantitative estimate of drug-likeness (QED) is 0.242. The van der Waals surface area contributed by atoms with Gasteiger partial charge in [0.25, 0.3) is 5.69 Å². The number of alkyl halides is 3. The maximum absolute atomic E-state index is 13.3. The molecular formula is C19H16F4N6O2S. The molecule has 0 radical (unpaired) electrons. The molecule has 0 amide bonds. The molecule has 0 fully saturated rings. The minimum Gasteiger partial charge on any atom is -0.282 e. The van der Waals surface area contributed by atoms with Crippen molar-refractivity contribution in [2.45, 2.75) is 30.7 Å². The first-order valence-electron chi connectivity index (χ1n) is 9.24. The Morgan fingerprint density at radius 3 is 2.56 bits per heavy atom. The molecule has 0 aliphatic carbocycles. The molecule has 0 saturated heterocycles. The Kier molecular flexibility index (Phi) is 5.93. The highest BCUT2D eigenvalue weighted by Crippen LogP contribution is 2.50. The molecule has 1 aliphatic heterocycles. The molecule has 32 heavy (non-hydrogen) atoms. The summed E-state index contributed by atoms with van der Waals surface area (Å²) >= 11 is -1.63. The van der Waals surface area contributed by atoms with Gasteiger partial charge in [0.05, 0.1) is 39.7 Å². The first kappa shape index (κ1) is 21.9. The van der Waals surface area contributed by atoms with E-state index in [0.29, 0.717) is 17.3 Å². The Balaban J connectivity index is 1.79. The van der Waals surface area contributed by atoms with Crippen molar-refractivity contribution >= 4 is 22.3 Å². The van der Waals surface area contributed by atoms with Gasteiger partial charge >= 0.3 is 6.18 Å². The van der Waals surface area contributed by atoms with Gasteiger partial charge in [-0.2, -0.15) is 13.2 Å². The summed E-state index contributed by atoms with van der Waals surface area (Å²) in [5.74, 6) is -0.414. The molecule has 1 unspecified atom stereocenters. The van der Waals surface area contributed by atoms with E-state index in [1.165, 1.54) is 12.1 Å². The van der Waals surface area contributed by atoms with Crippen molar-refractivity contribution in [1.82, 2.24) is 19.7 Å². The van der Waals surface area contributed by atoms with E-state index >= 15 is 0 Å². The van der Waals surface area contributed by atoms with Crippen LogP contribution in [0.1, 0.15) is 22.4 Å². The number of aliphatic imine (C=N–C) groups is 1. The highest BCUT2D eigenvalue weighted by atomic mass is 32.2.